The maximum atomic E-state index is 12.5. The average molecular weight is 277 g/mol. The van der Waals surface area contributed by atoms with E-state index >= 15 is 0 Å². The number of nitrogens with zero attached hydrogens (tertiary/aromatic N) is 1. The van der Waals surface area contributed by atoms with Gasteiger partial charge in [0, 0.05) is 25.8 Å². The Morgan fingerprint density at radius 1 is 1.30 bits per heavy atom. The Morgan fingerprint density at radius 3 is 2.70 bits per heavy atom. The van der Waals surface area contributed by atoms with Crippen molar-refractivity contribution in [2.75, 3.05) is 40.0 Å². The minimum absolute atomic E-state index is 0.111. The zero-order valence-electron chi connectivity index (χ0n) is 11.5. The molecule has 1 aromatic carbocycles. The Morgan fingerprint density at radius 2 is 2.05 bits per heavy atom. The van der Waals surface area contributed by atoms with Gasteiger partial charge in [0.1, 0.15) is 6.61 Å². The molecule has 1 rings (SSSR count). The Bertz CT molecular complexity index is 490. The Kier molecular flexibility index (Phi) is 7.36. The molecule has 0 heterocycles. The van der Waals surface area contributed by atoms with Gasteiger partial charge in [-0.2, -0.15) is 0 Å². The SMILES string of the molecule is COCCN(CCO)C(=O)c1ccccc1C#CCO. The molecule has 2 N–H and O–H groups in total. The van der Waals surface area contributed by atoms with Crippen molar-refractivity contribution in [3.05, 3.63) is 35.4 Å². The molecule has 5 heteroatoms. The van der Waals surface area contributed by atoms with Crippen LogP contribution in [-0.4, -0.2) is 61.0 Å². The second-order valence-electron chi connectivity index (χ2n) is 4.01. The summed E-state index contributed by atoms with van der Waals surface area (Å²) in [5.74, 6) is 5.08. The van der Waals surface area contributed by atoms with Crippen LogP contribution < -0.4 is 0 Å². The van der Waals surface area contributed by atoms with Crippen LogP contribution in [-0.2, 0) is 4.74 Å². The molecule has 5 nitrogen and oxygen atoms in total. The number of ether oxygens (including phenoxy) is 1. The van der Waals surface area contributed by atoms with E-state index in [1.165, 1.54) is 4.90 Å². The van der Waals surface area contributed by atoms with Crippen molar-refractivity contribution in [3.8, 4) is 11.8 Å². The molecule has 1 amide bonds. The van der Waals surface area contributed by atoms with E-state index in [4.69, 9.17) is 14.9 Å². The van der Waals surface area contributed by atoms with Crippen molar-refractivity contribution >= 4 is 5.91 Å². The quantitative estimate of drug-likeness (QED) is 0.724. The van der Waals surface area contributed by atoms with Crippen molar-refractivity contribution in [3.63, 3.8) is 0 Å². The van der Waals surface area contributed by atoms with E-state index in [9.17, 15) is 4.79 Å². The van der Waals surface area contributed by atoms with Crippen molar-refractivity contribution in [2.45, 2.75) is 0 Å². The molecule has 0 aliphatic rings. The molecule has 0 atom stereocenters. The predicted molar refractivity (Wildman–Crippen MR) is 75.3 cm³/mol. The van der Waals surface area contributed by atoms with E-state index in [0.717, 1.165) is 0 Å². The van der Waals surface area contributed by atoms with Crippen molar-refractivity contribution < 1.29 is 19.7 Å². The molecule has 1 aromatic rings. The number of hydrogen-bond acceptors (Lipinski definition) is 4. The highest BCUT2D eigenvalue weighted by Gasteiger charge is 2.17. The van der Waals surface area contributed by atoms with E-state index < -0.39 is 0 Å². The zero-order valence-corrected chi connectivity index (χ0v) is 11.5. The number of hydrogen-bond donors (Lipinski definition) is 2. The van der Waals surface area contributed by atoms with Crippen LogP contribution in [0.15, 0.2) is 24.3 Å². The van der Waals surface area contributed by atoms with Gasteiger partial charge in [-0.25, -0.2) is 0 Å². The van der Waals surface area contributed by atoms with Crippen LogP contribution in [0.2, 0.25) is 0 Å². The highest BCUT2D eigenvalue weighted by molar-refractivity contribution is 5.96. The van der Waals surface area contributed by atoms with Gasteiger partial charge in [-0.3, -0.25) is 4.79 Å². The minimum Gasteiger partial charge on any atom is -0.395 e. The lowest BCUT2D eigenvalue weighted by Crippen LogP contribution is -2.36. The summed E-state index contributed by atoms with van der Waals surface area (Å²) in [6.07, 6.45) is 0. The third kappa shape index (κ3) is 4.67. The number of aliphatic hydroxyl groups excluding tert-OH is 2. The number of amides is 1. The Balaban J connectivity index is 2.98. The first-order valence-electron chi connectivity index (χ1n) is 6.32. The summed E-state index contributed by atoms with van der Waals surface area (Å²) >= 11 is 0. The maximum Gasteiger partial charge on any atom is 0.255 e. The standard InChI is InChI=1S/C15H19NO4/c1-20-12-9-16(8-11-18)15(19)14-7-3-2-5-13(14)6-4-10-17/h2-3,5,7,17-18H,8-12H2,1H3. The summed E-state index contributed by atoms with van der Waals surface area (Å²) in [6.45, 7) is 0.671. The van der Waals surface area contributed by atoms with Gasteiger partial charge in [0.2, 0.25) is 0 Å². The number of aliphatic hydroxyl groups is 2. The molecule has 108 valence electrons. The second kappa shape index (κ2) is 9.10. The minimum atomic E-state index is -0.257. The lowest BCUT2D eigenvalue weighted by atomic mass is 10.1. The van der Waals surface area contributed by atoms with Gasteiger partial charge in [0.05, 0.1) is 18.8 Å². The Hall–Kier alpha value is -1.87. The van der Waals surface area contributed by atoms with Gasteiger partial charge in [0.25, 0.3) is 5.91 Å². The number of carbonyl (C=O) groups is 1. The van der Waals surface area contributed by atoms with E-state index in [1.54, 1.807) is 31.4 Å². The number of carbonyl (C=O) groups excluding carboxylic acids is 1. The van der Waals surface area contributed by atoms with Crippen LogP contribution in [0.5, 0.6) is 0 Å². The van der Waals surface area contributed by atoms with E-state index in [1.807, 2.05) is 0 Å². The summed E-state index contributed by atoms with van der Waals surface area (Å²) in [5.41, 5.74) is 1.02. The molecule has 0 spiro atoms. The van der Waals surface area contributed by atoms with Crippen LogP contribution in [0.3, 0.4) is 0 Å². The largest absolute Gasteiger partial charge is 0.395 e. The molecular weight excluding hydrogens is 258 g/mol. The average Bonchev–Trinajstić information content (AvgIpc) is 2.49. The van der Waals surface area contributed by atoms with Gasteiger partial charge >= 0.3 is 0 Å². The monoisotopic (exact) mass is 277 g/mol. The smallest absolute Gasteiger partial charge is 0.255 e. The fourth-order valence-corrected chi connectivity index (χ4v) is 1.72. The molecular formula is C15H19NO4. The predicted octanol–water partition coefficient (Wildman–Crippen LogP) is 0.111. The van der Waals surface area contributed by atoms with Crippen LogP contribution in [0.4, 0.5) is 0 Å². The first kappa shape index (κ1) is 16.2. The van der Waals surface area contributed by atoms with Crippen LogP contribution in [0.1, 0.15) is 15.9 Å². The number of rotatable bonds is 6. The molecule has 0 unspecified atom stereocenters. The number of benzene rings is 1. The van der Waals surface area contributed by atoms with Crippen LogP contribution >= 0.6 is 0 Å². The second-order valence-corrected chi connectivity index (χ2v) is 4.01. The van der Waals surface area contributed by atoms with Crippen molar-refractivity contribution in [1.82, 2.24) is 4.90 Å². The first-order valence-corrected chi connectivity index (χ1v) is 6.32. The fourth-order valence-electron chi connectivity index (χ4n) is 1.72. The van der Waals surface area contributed by atoms with Gasteiger partial charge in [-0.1, -0.05) is 24.0 Å². The molecule has 0 fully saturated rings. The summed E-state index contributed by atoms with van der Waals surface area (Å²) in [4.78, 5) is 14.0. The highest BCUT2D eigenvalue weighted by Crippen LogP contribution is 2.11. The molecule has 0 saturated heterocycles. The van der Waals surface area contributed by atoms with E-state index in [2.05, 4.69) is 11.8 Å². The van der Waals surface area contributed by atoms with Crippen LogP contribution in [0, 0.1) is 11.8 Å². The third-order valence-electron chi connectivity index (χ3n) is 2.68. The van der Waals surface area contributed by atoms with Crippen molar-refractivity contribution in [2.24, 2.45) is 0 Å². The van der Waals surface area contributed by atoms with Gasteiger partial charge < -0.3 is 19.8 Å². The third-order valence-corrected chi connectivity index (χ3v) is 2.68. The lowest BCUT2D eigenvalue weighted by Gasteiger charge is -2.22. The van der Waals surface area contributed by atoms with E-state index in [0.29, 0.717) is 24.3 Å². The first-order chi connectivity index (χ1) is 9.74. The van der Waals surface area contributed by atoms with Crippen LogP contribution in [0.25, 0.3) is 0 Å². The summed E-state index contributed by atoms with van der Waals surface area (Å²) in [7, 11) is 1.56. The molecule has 0 radical (unpaired) electrons. The van der Waals surface area contributed by atoms with Gasteiger partial charge in [-0.05, 0) is 12.1 Å². The maximum absolute atomic E-state index is 12.5. The van der Waals surface area contributed by atoms with Gasteiger partial charge in [0.15, 0.2) is 0 Å². The van der Waals surface area contributed by atoms with Gasteiger partial charge in [-0.15, -0.1) is 0 Å². The molecule has 0 bridgehead atoms. The summed E-state index contributed by atoms with van der Waals surface area (Å²) in [6, 6.07) is 6.94. The molecule has 0 aliphatic carbocycles. The summed E-state index contributed by atoms with van der Waals surface area (Å²) < 4.78 is 4.96. The zero-order chi connectivity index (χ0) is 14.8. The van der Waals surface area contributed by atoms with Crippen molar-refractivity contribution in [1.29, 1.82) is 0 Å². The lowest BCUT2D eigenvalue weighted by molar-refractivity contribution is 0.0656. The Labute approximate surface area is 118 Å². The molecule has 0 aliphatic heterocycles. The molecule has 0 aromatic heterocycles. The number of methoxy groups -OCH3 is 1. The molecule has 0 saturated carbocycles. The highest BCUT2D eigenvalue weighted by atomic mass is 16.5. The summed E-state index contributed by atoms with van der Waals surface area (Å²) in [5, 5.41) is 17.8. The van der Waals surface area contributed by atoms with E-state index in [-0.39, 0.29) is 25.7 Å². The topological polar surface area (TPSA) is 70.0 Å². The molecule has 20 heavy (non-hydrogen) atoms. The fraction of sp³-hybridized carbons (Fsp3) is 0.400. The normalized spacial score (nSPS) is 9.75.